The second-order valence-electron chi connectivity index (χ2n) is 7.04. The molecule has 0 atom stereocenters. The molecule has 0 aliphatic heterocycles. The van der Waals surface area contributed by atoms with Gasteiger partial charge in [0, 0.05) is 25.7 Å². The first kappa shape index (κ1) is 23.2. The molecule has 1 heterocycles. The van der Waals surface area contributed by atoms with Crippen LogP contribution in [0, 0.1) is 0 Å². The first-order chi connectivity index (χ1) is 15.2. The number of amides is 2. The minimum absolute atomic E-state index is 0.0116. The summed E-state index contributed by atoms with van der Waals surface area (Å²) in [7, 11) is -2.12. The highest BCUT2D eigenvalue weighted by Crippen LogP contribution is 2.17. The summed E-state index contributed by atoms with van der Waals surface area (Å²) in [5.74, 6) is -1.29. The fourth-order valence-corrected chi connectivity index (χ4v) is 4.91. The lowest BCUT2D eigenvalue weighted by atomic mass is 10.2. The number of para-hydroxylation sites is 2. The predicted octanol–water partition coefficient (Wildman–Crippen LogP) is 0.832. The topological polar surface area (TPSA) is 123 Å². The highest BCUT2D eigenvalue weighted by Gasteiger charge is 2.22. The number of nitrogens with zero attached hydrogens (tertiary/aromatic N) is 3. The van der Waals surface area contributed by atoms with E-state index in [-0.39, 0.29) is 22.7 Å². The Hall–Kier alpha value is -3.44. The van der Waals surface area contributed by atoms with Crippen LogP contribution in [0.25, 0.3) is 11.0 Å². The number of carbonyl (C=O) groups excluding carboxylic acids is 2. The molecule has 170 valence electrons. The lowest BCUT2D eigenvalue weighted by Gasteiger charge is -2.18. The zero-order valence-corrected chi connectivity index (χ0v) is 18.8. The Morgan fingerprint density at radius 1 is 0.969 bits per heavy atom. The Kier molecular flexibility index (Phi) is 6.80. The van der Waals surface area contributed by atoms with Gasteiger partial charge in [0.1, 0.15) is 6.54 Å². The summed E-state index contributed by atoms with van der Waals surface area (Å²) in [6.45, 7) is 3.78. The summed E-state index contributed by atoms with van der Waals surface area (Å²) >= 11 is 0. The van der Waals surface area contributed by atoms with E-state index in [0.717, 1.165) is 0 Å². The summed E-state index contributed by atoms with van der Waals surface area (Å²) in [4.78, 5) is 37.2. The number of hydrogen-bond acceptors (Lipinski definition) is 5. The molecule has 2 amide bonds. The van der Waals surface area contributed by atoms with E-state index in [4.69, 9.17) is 0 Å². The molecule has 2 N–H and O–H groups in total. The van der Waals surface area contributed by atoms with Crippen LogP contribution in [-0.4, -0.2) is 46.8 Å². The first-order valence-corrected chi connectivity index (χ1v) is 11.5. The molecule has 32 heavy (non-hydrogen) atoms. The second-order valence-corrected chi connectivity index (χ2v) is 8.97. The first-order valence-electron chi connectivity index (χ1n) is 10.0. The standard InChI is InChI=1S/C21H25N5O5S/c1-4-25(5-2)32(30,31)16-10-8-9-15(13-16)20(28)23-22-19(27)14-26-18-12-7-6-11-17(18)24(3)21(26)29/h6-13H,4-5,14H2,1-3H3,(H,22,27)(H,23,28). The molecule has 3 aromatic rings. The van der Waals surface area contributed by atoms with Crippen molar-refractivity contribution in [2.24, 2.45) is 7.05 Å². The second kappa shape index (κ2) is 9.37. The van der Waals surface area contributed by atoms with Crippen LogP contribution in [0.3, 0.4) is 0 Å². The molecular formula is C21H25N5O5S. The van der Waals surface area contributed by atoms with Gasteiger partial charge in [-0.15, -0.1) is 0 Å². The maximum absolute atomic E-state index is 12.7. The van der Waals surface area contributed by atoms with Crippen molar-refractivity contribution < 1.29 is 18.0 Å². The maximum atomic E-state index is 12.7. The Labute approximate surface area is 185 Å². The molecule has 0 radical (unpaired) electrons. The van der Waals surface area contributed by atoms with Gasteiger partial charge in [-0.3, -0.25) is 29.6 Å². The maximum Gasteiger partial charge on any atom is 0.329 e. The highest BCUT2D eigenvalue weighted by atomic mass is 32.2. The molecule has 3 rings (SSSR count). The molecule has 0 aliphatic carbocycles. The van der Waals surface area contributed by atoms with Gasteiger partial charge in [0.2, 0.25) is 10.0 Å². The molecule has 0 saturated heterocycles. The third-order valence-corrected chi connectivity index (χ3v) is 7.15. The number of sulfonamides is 1. The van der Waals surface area contributed by atoms with E-state index < -0.39 is 21.8 Å². The van der Waals surface area contributed by atoms with Crippen LogP contribution in [0.5, 0.6) is 0 Å². The average molecular weight is 460 g/mol. The summed E-state index contributed by atoms with van der Waals surface area (Å²) < 4.78 is 29.4. The highest BCUT2D eigenvalue weighted by molar-refractivity contribution is 7.89. The van der Waals surface area contributed by atoms with Gasteiger partial charge in [-0.1, -0.05) is 32.0 Å². The predicted molar refractivity (Wildman–Crippen MR) is 119 cm³/mol. The van der Waals surface area contributed by atoms with Gasteiger partial charge in [-0.2, -0.15) is 4.31 Å². The van der Waals surface area contributed by atoms with Gasteiger partial charge in [-0.05, 0) is 30.3 Å². The molecule has 10 nitrogen and oxygen atoms in total. The summed E-state index contributed by atoms with van der Waals surface area (Å²) in [6.07, 6.45) is 0. The van der Waals surface area contributed by atoms with Crippen molar-refractivity contribution in [1.82, 2.24) is 24.3 Å². The van der Waals surface area contributed by atoms with E-state index in [2.05, 4.69) is 10.9 Å². The number of aromatic nitrogens is 2. The summed E-state index contributed by atoms with van der Waals surface area (Å²) in [5.41, 5.74) is 5.51. The molecular weight excluding hydrogens is 434 g/mol. The van der Waals surface area contributed by atoms with Crippen LogP contribution in [-0.2, 0) is 28.4 Å². The van der Waals surface area contributed by atoms with Crippen molar-refractivity contribution in [3.05, 3.63) is 64.6 Å². The summed E-state index contributed by atoms with van der Waals surface area (Å²) in [5, 5.41) is 0. The lowest BCUT2D eigenvalue weighted by Crippen LogP contribution is -2.44. The van der Waals surface area contributed by atoms with Gasteiger partial charge >= 0.3 is 5.69 Å². The number of nitrogens with one attached hydrogen (secondary N) is 2. The monoisotopic (exact) mass is 459 g/mol. The van der Waals surface area contributed by atoms with E-state index in [1.165, 1.54) is 37.7 Å². The molecule has 0 saturated carbocycles. The summed E-state index contributed by atoms with van der Waals surface area (Å²) in [6, 6.07) is 12.6. The third-order valence-electron chi connectivity index (χ3n) is 5.11. The van der Waals surface area contributed by atoms with Crippen molar-refractivity contribution in [2.45, 2.75) is 25.3 Å². The van der Waals surface area contributed by atoms with Crippen molar-refractivity contribution in [3.63, 3.8) is 0 Å². The Balaban J connectivity index is 1.71. The average Bonchev–Trinajstić information content (AvgIpc) is 3.03. The number of carbonyl (C=O) groups is 2. The zero-order chi connectivity index (χ0) is 23.5. The van der Waals surface area contributed by atoms with Crippen molar-refractivity contribution in [3.8, 4) is 0 Å². The Morgan fingerprint density at radius 3 is 2.28 bits per heavy atom. The number of aryl methyl sites for hydroxylation is 1. The molecule has 0 bridgehead atoms. The molecule has 0 spiro atoms. The van der Waals surface area contributed by atoms with Crippen LogP contribution in [0.4, 0.5) is 0 Å². The number of imidazole rings is 1. The lowest BCUT2D eigenvalue weighted by molar-refractivity contribution is -0.122. The SMILES string of the molecule is CCN(CC)S(=O)(=O)c1cccc(C(=O)NNC(=O)Cn2c(=O)n(C)c3ccccc32)c1. The minimum atomic E-state index is -3.73. The van der Waals surface area contributed by atoms with Crippen molar-refractivity contribution >= 4 is 32.9 Å². The van der Waals surface area contributed by atoms with Crippen LogP contribution in [0.2, 0.25) is 0 Å². The van der Waals surface area contributed by atoms with Crippen molar-refractivity contribution in [2.75, 3.05) is 13.1 Å². The zero-order valence-electron chi connectivity index (χ0n) is 18.0. The normalized spacial score (nSPS) is 11.6. The molecule has 0 unspecified atom stereocenters. The largest absolute Gasteiger partial charge is 0.329 e. The van der Waals surface area contributed by atoms with E-state index in [9.17, 15) is 22.8 Å². The van der Waals surface area contributed by atoms with Crippen LogP contribution < -0.4 is 16.5 Å². The van der Waals surface area contributed by atoms with Crippen LogP contribution in [0.15, 0.2) is 58.2 Å². The number of benzene rings is 2. The fourth-order valence-electron chi connectivity index (χ4n) is 3.41. The van der Waals surface area contributed by atoms with Gasteiger partial charge in [0.15, 0.2) is 0 Å². The molecule has 2 aromatic carbocycles. The van der Waals surface area contributed by atoms with E-state index in [0.29, 0.717) is 24.1 Å². The van der Waals surface area contributed by atoms with Crippen LogP contribution >= 0.6 is 0 Å². The Morgan fingerprint density at radius 2 is 1.62 bits per heavy atom. The van der Waals surface area contributed by atoms with Gasteiger partial charge < -0.3 is 0 Å². The molecule has 0 aliphatic rings. The smallest absolute Gasteiger partial charge is 0.295 e. The number of fused-ring (bicyclic) bond motifs is 1. The van der Waals surface area contributed by atoms with E-state index in [1.807, 2.05) is 0 Å². The van der Waals surface area contributed by atoms with Crippen molar-refractivity contribution in [1.29, 1.82) is 0 Å². The number of hydrogen-bond donors (Lipinski definition) is 2. The van der Waals surface area contributed by atoms with Gasteiger partial charge in [-0.25, -0.2) is 13.2 Å². The van der Waals surface area contributed by atoms with Gasteiger partial charge in [0.05, 0.1) is 15.9 Å². The van der Waals surface area contributed by atoms with E-state index >= 15 is 0 Å². The minimum Gasteiger partial charge on any atom is -0.295 e. The van der Waals surface area contributed by atoms with Crippen LogP contribution in [0.1, 0.15) is 24.2 Å². The number of hydrazine groups is 1. The van der Waals surface area contributed by atoms with E-state index in [1.54, 1.807) is 45.2 Å². The Bertz CT molecular complexity index is 1320. The quantitative estimate of drug-likeness (QED) is 0.507. The fraction of sp³-hybridized carbons (Fsp3) is 0.286. The third kappa shape index (κ3) is 4.43. The van der Waals surface area contributed by atoms with Gasteiger partial charge in [0.25, 0.3) is 11.8 Å². The number of rotatable bonds is 7. The molecule has 0 fully saturated rings. The molecule has 1 aromatic heterocycles. The molecule has 11 heteroatoms.